The molecule has 4 heterocycles. The molecule has 3 amide bonds. The van der Waals surface area contributed by atoms with Gasteiger partial charge in [0.05, 0.1) is 30.7 Å². The lowest BCUT2D eigenvalue weighted by atomic mass is 9.74. The summed E-state index contributed by atoms with van der Waals surface area (Å²) in [4.78, 5) is 62.8. The zero-order valence-corrected chi connectivity index (χ0v) is 30.6. The maximum Gasteiger partial charge on any atom is 0.313 e. The number of rotatable bonds is 6. The third kappa shape index (κ3) is 6.70. The van der Waals surface area contributed by atoms with Crippen molar-refractivity contribution in [2.75, 3.05) is 20.2 Å². The van der Waals surface area contributed by atoms with Gasteiger partial charge in [-0.2, -0.15) is 0 Å². The third-order valence-electron chi connectivity index (χ3n) is 10.9. The molecule has 1 N–H and O–H groups in total. The van der Waals surface area contributed by atoms with Crippen LogP contribution in [-0.2, 0) is 28.7 Å². The second-order valence-electron chi connectivity index (χ2n) is 16.5. The van der Waals surface area contributed by atoms with E-state index in [9.17, 15) is 19.5 Å². The number of allylic oxidation sites excluding steroid dienone is 1. The Morgan fingerprint density at radius 3 is 2.29 bits per heavy atom. The summed E-state index contributed by atoms with van der Waals surface area (Å²) in [6.07, 6.45) is 7.21. The third-order valence-corrected chi connectivity index (χ3v) is 10.9. The normalized spacial score (nSPS) is 32.6. The molecule has 2 fully saturated rings. The van der Waals surface area contributed by atoms with Gasteiger partial charge in [-0.25, -0.2) is 0 Å². The van der Waals surface area contributed by atoms with E-state index in [-0.39, 0.29) is 42.7 Å². The summed E-state index contributed by atoms with van der Waals surface area (Å²) in [7, 11) is 1.71. The first-order chi connectivity index (χ1) is 22.9. The second kappa shape index (κ2) is 13.7. The lowest BCUT2D eigenvalue weighted by Gasteiger charge is -2.46. The van der Waals surface area contributed by atoms with Crippen molar-refractivity contribution in [2.45, 2.75) is 116 Å². The first-order valence-corrected chi connectivity index (χ1v) is 17.7. The van der Waals surface area contributed by atoms with E-state index in [1.165, 1.54) is 4.90 Å². The molecule has 49 heavy (non-hydrogen) atoms. The van der Waals surface area contributed by atoms with Crippen molar-refractivity contribution in [3.8, 4) is 0 Å². The monoisotopic (exact) mass is 677 g/mol. The van der Waals surface area contributed by atoms with Crippen LogP contribution in [0.2, 0.25) is 0 Å². The highest BCUT2D eigenvalue weighted by molar-refractivity contribution is 5.99. The van der Waals surface area contributed by atoms with Gasteiger partial charge >= 0.3 is 5.97 Å². The number of carbonyl (C=O) groups excluding carboxylic acids is 4. The number of nitrogens with zero attached hydrogens (tertiary/aromatic N) is 3. The maximum atomic E-state index is 15.2. The van der Waals surface area contributed by atoms with E-state index in [0.717, 1.165) is 5.56 Å². The van der Waals surface area contributed by atoms with Crippen molar-refractivity contribution in [3.05, 3.63) is 60.2 Å². The Morgan fingerprint density at radius 2 is 1.67 bits per heavy atom. The quantitative estimate of drug-likeness (QED) is 0.344. The van der Waals surface area contributed by atoms with Gasteiger partial charge in [0.2, 0.25) is 17.7 Å². The predicted octanol–water partition coefficient (Wildman–Crippen LogP) is 4.68. The van der Waals surface area contributed by atoms with Crippen molar-refractivity contribution in [2.24, 2.45) is 23.2 Å². The van der Waals surface area contributed by atoms with Gasteiger partial charge in [0, 0.05) is 25.6 Å². The maximum absolute atomic E-state index is 15.2. The van der Waals surface area contributed by atoms with Crippen LogP contribution < -0.4 is 0 Å². The number of esters is 1. The molecule has 1 aromatic rings. The van der Waals surface area contributed by atoms with Crippen LogP contribution in [0, 0.1) is 23.2 Å². The van der Waals surface area contributed by atoms with Gasteiger partial charge in [-0.1, -0.05) is 89.3 Å². The number of cyclic esters (lactones) is 1. The molecule has 4 aliphatic heterocycles. The van der Waals surface area contributed by atoms with E-state index in [0.29, 0.717) is 12.8 Å². The average Bonchev–Trinajstić information content (AvgIpc) is 3.67. The predicted molar refractivity (Wildman–Crippen MR) is 186 cm³/mol. The fourth-order valence-corrected chi connectivity index (χ4v) is 8.71. The molecule has 10 heteroatoms. The summed E-state index contributed by atoms with van der Waals surface area (Å²) in [5, 5.41) is 10.7. The Labute approximate surface area is 291 Å². The molecule has 1 spiro atoms. The van der Waals surface area contributed by atoms with Crippen molar-refractivity contribution >= 4 is 23.7 Å². The van der Waals surface area contributed by atoms with Crippen LogP contribution in [0.4, 0.5) is 0 Å². The van der Waals surface area contributed by atoms with Crippen LogP contribution in [0.3, 0.4) is 0 Å². The molecular weight excluding hydrogens is 622 g/mol. The lowest BCUT2D eigenvalue weighted by molar-refractivity contribution is -0.165. The summed E-state index contributed by atoms with van der Waals surface area (Å²) in [6, 6.07) is 6.99. The van der Waals surface area contributed by atoms with E-state index in [2.05, 4.69) is 20.8 Å². The van der Waals surface area contributed by atoms with Gasteiger partial charge in [-0.15, -0.1) is 0 Å². The average molecular weight is 678 g/mol. The minimum Gasteiger partial charge on any atom is -0.455 e. The highest BCUT2D eigenvalue weighted by Crippen LogP contribution is 2.57. The van der Waals surface area contributed by atoms with Crippen molar-refractivity contribution < 1.29 is 33.8 Å². The zero-order valence-electron chi connectivity index (χ0n) is 30.6. The van der Waals surface area contributed by atoms with E-state index >= 15 is 4.79 Å². The molecule has 0 unspecified atom stereocenters. The van der Waals surface area contributed by atoms with Gasteiger partial charge < -0.3 is 29.3 Å². The largest absolute Gasteiger partial charge is 0.455 e. The number of fused-ring (bicyclic) bond motifs is 2. The number of hydrogen-bond acceptors (Lipinski definition) is 7. The number of likely N-dealkylation sites (N-methyl/N-ethyl adjacent to an activating group) is 1. The van der Waals surface area contributed by atoms with Gasteiger partial charge in [0.1, 0.15) is 23.7 Å². The van der Waals surface area contributed by atoms with Crippen LogP contribution in [0.1, 0.15) is 86.3 Å². The molecule has 10 nitrogen and oxygen atoms in total. The molecule has 5 rings (SSSR count). The second-order valence-corrected chi connectivity index (χ2v) is 16.5. The van der Waals surface area contributed by atoms with E-state index in [1.54, 1.807) is 29.0 Å². The van der Waals surface area contributed by atoms with Gasteiger partial charge in [0.15, 0.2) is 0 Å². The van der Waals surface area contributed by atoms with Crippen molar-refractivity contribution in [1.82, 2.24) is 14.7 Å². The number of benzene rings is 1. The molecular formula is C39H55N3O7. The minimum absolute atomic E-state index is 0.0989. The molecule has 5 bridgehead atoms. The van der Waals surface area contributed by atoms with Gasteiger partial charge in [-0.3, -0.25) is 19.2 Å². The highest BCUT2D eigenvalue weighted by Gasteiger charge is 2.74. The van der Waals surface area contributed by atoms with Crippen LogP contribution in [0.15, 0.2) is 54.6 Å². The van der Waals surface area contributed by atoms with Crippen LogP contribution in [0.25, 0.3) is 0 Å². The van der Waals surface area contributed by atoms with Crippen LogP contribution in [-0.4, -0.2) is 99.1 Å². The van der Waals surface area contributed by atoms with E-state index in [1.807, 2.05) is 77.1 Å². The summed E-state index contributed by atoms with van der Waals surface area (Å²) < 4.78 is 13.0. The number of hydrogen-bond donors (Lipinski definition) is 1. The number of aliphatic hydroxyl groups is 1. The molecule has 4 aliphatic rings. The number of carbonyl (C=O) groups is 4. The Hall–Kier alpha value is -3.50. The Kier molecular flexibility index (Phi) is 10.3. The molecule has 0 aliphatic carbocycles. The fraction of sp³-hybridized carbons (Fsp3) is 0.641. The Balaban J connectivity index is 1.67. The topological polar surface area (TPSA) is 117 Å². The number of likely N-dealkylation sites (tertiary alicyclic amines) is 1. The molecule has 0 aromatic heterocycles. The molecule has 1 aromatic carbocycles. The number of aliphatic hydroxyl groups excluding tert-OH is 1. The zero-order chi connectivity index (χ0) is 36.1. The van der Waals surface area contributed by atoms with E-state index in [4.69, 9.17) is 9.47 Å². The Bertz CT molecular complexity index is 1480. The fourth-order valence-electron chi connectivity index (χ4n) is 8.71. The summed E-state index contributed by atoms with van der Waals surface area (Å²) in [5.41, 5.74) is -1.47. The number of ether oxygens (including phenoxy) is 2. The minimum atomic E-state index is -1.42. The standard InChI is InChI=1S/C39H55N3O7/c1-24(2)27(22-43)42-33-35(46)41(38(7,8)23-37(4,5)6)21-15-11-14-18-29(44)40(9)25(3)32(26-16-12-10-13-17-26)48-36(47)30-28-19-20-39(33,49-28)31(30)34(42)45/h10-13,15-17,19-20,24-25,27-28,30-33,43H,14,18,21-23H2,1-9H3/b15-11-/t25-,27-,28+,30-,31-,32+,33+,39-/m0/s1. The SMILES string of the molecule is CC(C)[C@H](CO)N1C(=O)[C@@H]2[C@H]3C(=O)O[C@@H](c4ccccc4)[C@H](C)N(C)C(=O)CC/C=C\CN(C(C)(C)CC(C)(C)C)C(=O)[C@@H]1[C@]21C=C[C@H]3O1. The first-order valence-electron chi connectivity index (χ1n) is 17.7. The lowest BCUT2D eigenvalue weighted by Crippen LogP contribution is -2.63. The summed E-state index contributed by atoms with van der Waals surface area (Å²) in [6.45, 7) is 16.0. The summed E-state index contributed by atoms with van der Waals surface area (Å²) in [5.74, 6) is -3.65. The number of amides is 3. The highest BCUT2D eigenvalue weighted by atomic mass is 16.6. The molecule has 268 valence electrons. The van der Waals surface area contributed by atoms with Gasteiger partial charge in [-0.05, 0) is 50.5 Å². The van der Waals surface area contributed by atoms with Crippen molar-refractivity contribution in [3.63, 3.8) is 0 Å². The smallest absolute Gasteiger partial charge is 0.313 e. The summed E-state index contributed by atoms with van der Waals surface area (Å²) >= 11 is 0. The molecule has 0 radical (unpaired) electrons. The molecule has 8 atom stereocenters. The van der Waals surface area contributed by atoms with Crippen LogP contribution in [0.5, 0.6) is 0 Å². The first kappa shape index (κ1) is 36.8. The van der Waals surface area contributed by atoms with Crippen molar-refractivity contribution in [1.29, 1.82) is 0 Å². The Morgan fingerprint density at radius 1 is 1.00 bits per heavy atom. The molecule has 0 saturated carbocycles. The van der Waals surface area contributed by atoms with Crippen LogP contribution >= 0.6 is 0 Å². The van der Waals surface area contributed by atoms with Gasteiger partial charge in [0.25, 0.3) is 0 Å². The molecule has 2 saturated heterocycles. The van der Waals surface area contributed by atoms with E-state index < -0.39 is 65.2 Å².